The van der Waals surface area contributed by atoms with Gasteiger partial charge in [0.25, 0.3) is 0 Å². The zero-order valence-corrected chi connectivity index (χ0v) is 13.3. The lowest BCUT2D eigenvalue weighted by molar-refractivity contribution is -0.131. The molecule has 1 N–H and O–H groups in total. The van der Waals surface area contributed by atoms with Crippen molar-refractivity contribution in [2.45, 2.75) is 13.8 Å². The molecule has 2 rings (SSSR count). The minimum absolute atomic E-state index is 0.285. The third-order valence-electron chi connectivity index (χ3n) is 2.92. The molecule has 0 atom stereocenters. The predicted molar refractivity (Wildman–Crippen MR) is 86.9 cm³/mol. The highest BCUT2D eigenvalue weighted by atomic mass is 35.5. The van der Waals surface area contributed by atoms with Crippen LogP contribution in [-0.2, 0) is 9.59 Å². The van der Waals surface area contributed by atoms with Crippen molar-refractivity contribution in [3.8, 4) is 5.75 Å². The van der Waals surface area contributed by atoms with E-state index >= 15 is 0 Å². The summed E-state index contributed by atoms with van der Waals surface area (Å²) in [4.78, 5) is 34.8. The zero-order valence-electron chi connectivity index (χ0n) is 12.6. The maximum Gasteiger partial charge on any atom is 0.308 e. The quantitative estimate of drug-likeness (QED) is 0.529. The first-order valence-electron chi connectivity index (χ1n) is 6.77. The van der Waals surface area contributed by atoms with Crippen molar-refractivity contribution in [3.63, 3.8) is 0 Å². The topological polar surface area (TPSA) is 72.5 Å². The second-order valence-corrected chi connectivity index (χ2v) is 5.25. The smallest absolute Gasteiger partial charge is 0.308 e. The van der Waals surface area contributed by atoms with Gasteiger partial charge in [0.2, 0.25) is 5.91 Å². The van der Waals surface area contributed by atoms with Crippen LogP contribution < -0.4 is 10.1 Å². The molecule has 1 amide bonds. The van der Waals surface area contributed by atoms with Crippen LogP contribution in [0.4, 0.5) is 5.69 Å². The summed E-state index contributed by atoms with van der Waals surface area (Å²) in [5.74, 6) is -0.675. The number of hydrogen-bond acceptors (Lipinski definition) is 4. The van der Waals surface area contributed by atoms with Gasteiger partial charge in [-0.15, -0.1) is 0 Å². The van der Waals surface area contributed by atoms with Crippen molar-refractivity contribution in [1.82, 2.24) is 0 Å². The number of carbonyl (C=O) groups excluding carboxylic acids is 3. The Morgan fingerprint density at radius 3 is 2.22 bits per heavy atom. The van der Waals surface area contributed by atoms with Crippen LogP contribution in [0.1, 0.15) is 29.8 Å². The highest BCUT2D eigenvalue weighted by Gasteiger charge is 2.15. The van der Waals surface area contributed by atoms with Crippen molar-refractivity contribution in [2.75, 3.05) is 5.32 Å². The van der Waals surface area contributed by atoms with Crippen LogP contribution in [0.5, 0.6) is 5.75 Å². The van der Waals surface area contributed by atoms with Crippen molar-refractivity contribution >= 4 is 34.9 Å². The number of ketones is 1. The van der Waals surface area contributed by atoms with Gasteiger partial charge in [0.1, 0.15) is 5.75 Å². The number of halogens is 1. The number of benzene rings is 2. The Bertz CT molecular complexity index is 769. The average molecular weight is 332 g/mol. The molecule has 0 spiro atoms. The SMILES string of the molecule is CC(=O)Nc1ccc(Cl)cc1C(=O)c1ccc(OC(C)=O)cc1. The maximum absolute atomic E-state index is 12.6. The van der Waals surface area contributed by atoms with Crippen LogP contribution in [0, 0.1) is 0 Å². The Kier molecular flexibility index (Phi) is 5.13. The van der Waals surface area contributed by atoms with Crippen LogP contribution in [0.25, 0.3) is 0 Å². The fourth-order valence-corrected chi connectivity index (χ4v) is 2.17. The van der Waals surface area contributed by atoms with Gasteiger partial charge >= 0.3 is 5.97 Å². The van der Waals surface area contributed by atoms with E-state index < -0.39 is 5.97 Å². The van der Waals surface area contributed by atoms with E-state index in [9.17, 15) is 14.4 Å². The van der Waals surface area contributed by atoms with Crippen molar-refractivity contribution in [1.29, 1.82) is 0 Å². The fourth-order valence-electron chi connectivity index (χ4n) is 2.00. The summed E-state index contributed by atoms with van der Waals surface area (Å²) in [5.41, 5.74) is 1.05. The molecule has 0 saturated carbocycles. The second kappa shape index (κ2) is 7.07. The molecule has 118 valence electrons. The first kappa shape index (κ1) is 16.7. The monoisotopic (exact) mass is 331 g/mol. The molecule has 2 aromatic rings. The highest BCUT2D eigenvalue weighted by Crippen LogP contribution is 2.24. The number of carbonyl (C=O) groups is 3. The summed E-state index contributed by atoms with van der Waals surface area (Å²) in [6, 6.07) is 10.8. The fraction of sp³-hybridized carbons (Fsp3) is 0.118. The number of amides is 1. The van der Waals surface area contributed by atoms with Crippen LogP contribution in [0.2, 0.25) is 5.02 Å². The van der Waals surface area contributed by atoms with E-state index in [0.717, 1.165) is 0 Å². The van der Waals surface area contributed by atoms with Crippen LogP contribution in [-0.4, -0.2) is 17.7 Å². The third kappa shape index (κ3) is 4.40. The highest BCUT2D eigenvalue weighted by molar-refractivity contribution is 6.31. The largest absolute Gasteiger partial charge is 0.427 e. The van der Waals surface area contributed by atoms with Gasteiger partial charge < -0.3 is 10.1 Å². The molecule has 0 heterocycles. The molecule has 0 fully saturated rings. The van der Waals surface area contributed by atoms with Crippen molar-refractivity contribution in [2.24, 2.45) is 0 Å². The zero-order chi connectivity index (χ0) is 17.0. The molecule has 0 aliphatic heterocycles. The summed E-state index contributed by atoms with van der Waals surface area (Å²) in [6.45, 7) is 2.65. The van der Waals surface area contributed by atoms with E-state index in [0.29, 0.717) is 22.0 Å². The number of rotatable bonds is 4. The third-order valence-corrected chi connectivity index (χ3v) is 3.15. The number of hydrogen-bond donors (Lipinski definition) is 1. The summed E-state index contributed by atoms with van der Waals surface area (Å²) < 4.78 is 4.92. The number of anilines is 1. The van der Waals surface area contributed by atoms with Gasteiger partial charge in [0.15, 0.2) is 5.78 Å². The predicted octanol–water partition coefficient (Wildman–Crippen LogP) is 3.45. The van der Waals surface area contributed by atoms with Crippen LogP contribution >= 0.6 is 11.6 Å². The second-order valence-electron chi connectivity index (χ2n) is 4.82. The van der Waals surface area contributed by atoms with E-state index in [-0.39, 0.29) is 17.3 Å². The molecule has 0 aromatic heterocycles. The standard InChI is InChI=1S/C17H14ClNO4/c1-10(20)19-16-8-5-13(18)9-15(16)17(22)12-3-6-14(7-4-12)23-11(2)21/h3-9H,1-2H3,(H,19,20). The summed E-state index contributed by atoms with van der Waals surface area (Å²) in [6.07, 6.45) is 0. The van der Waals surface area contributed by atoms with Gasteiger partial charge in [-0.1, -0.05) is 11.6 Å². The number of ether oxygens (including phenoxy) is 1. The lowest BCUT2D eigenvalue weighted by Crippen LogP contribution is -2.11. The molecule has 0 unspecified atom stereocenters. The summed E-state index contributed by atoms with van der Waals surface area (Å²) >= 11 is 5.95. The Morgan fingerprint density at radius 1 is 1.00 bits per heavy atom. The number of esters is 1. The van der Waals surface area contributed by atoms with Gasteiger partial charge in [-0.25, -0.2) is 0 Å². The molecule has 0 saturated heterocycles. The minimum Gasteiger partial charge on any atom is -0.427 e. The molecule has 23 heavy (non-hydrogen) atoms. The molecular formula is C17H14ClNO4. The Hall–Kier alpha value is -2.66. The van der Waals surface area contributed by atoms with Gasteiger partial charge in [0, 0.05) is 30.0 Å². The van der Waals surface area contributed by atoms with E-state index in [2.05, 4.69) is 5.32 Å². The molecule has 0 bridgehead atoms. The minimum atomic E-state index is -0.438. The molecule has 0 aliphatic carbocycles. The van der Waals surface area contributed by atoms with Crippen molar-refractivity contribution < 1.29 is 19.1 Å². The lowest BCUT2D eigenvalue weighted by Gasteiger charge is -2.10. The first-order chi connectivity index (χ1) is 10.9. The lowest BCUT2D eigenvalue weighted by atomic mass is 10.0. The van der Waals surface area contributed by atoms with E-state index in [1.807, 2.05) is 0 Å². The molecule has 6 heteroatoms. The van der Waals surface area contributed by atoms with E-state index in [1.54, 1.807) is 24.3 Å². The summed E-state index contributed by atoms with van der Waals surface area (Å²) in [5, 5.41) is 2.99. The summed E-state index contributed by atoms with van der Waals surface area (Å²) in [7, 11) is 0. The van der Waals surface area contributed by atoms with Crippen molar-refractivity contribution in [3.05, 3.63) is 58.6 Å². The molecule has 0 radical (unpaired) electrons. The normalized spacial score (nSPS) is 10.0. The van der Waals surface area contributed by atoms with Crippen LogP contribution in [0.3, 0.4) is 0 Å². The molecule has 5 nitrogen and oxygen atoms in total. The van der Waals surface area contributed by atoms with Gasteiger partial charge in [-0.05, 0) is 42.5 Å². The molecule has 2 aromatic carbocycles. The first-order valence-corrected chi connectivity index (χ1v) is 7.15. The maximum atomic E-state index is 12.6. The average Bonchev–Trinajstić information content (AvgIpc) is 2.48. The Morgan fingerprint density at radius 2 is 1.65 bits per heavy atom. The Labute approximate surface area is 138 Å². The number of nitrogens with one attached hydrogen (secondary N) is 1. The van der Waals surface area contributed by atoms with Gasteiger partial charge in [-0.2, -0.15) is 0 Å². The molecular weight excluding hydrogens is 318 g/mol. The van der Waals surface area contributed by atoms with E-state index in [4.69, 9.17) is 16.3 Å². The van der Waals surface area contributed by atoms with Gasteiger partial charge in [-0.3, -0.25) is 14.4 Å². The Balaban J connectivity index is 2.34. The molecule has 0 aliphatic rings. The van der Waals surface area contributed by atoms with Gasteiger partial charge in [0.05, 0.1) is 5.69 Å². The van der Waals surface area contributed by atoms with Crippen LogP contribution in [0.15, 0.2) is 42.5 Å². The van der Waals surface area contributed by atoms with E-state index in [1.165, 1.54) is 32.0 Å².